The third-order valence-corrected chi connectivity index (χ3v) is 3.78. The number of aromatic nitrogens is 2. The van der Waals surface area contributed by atoms with E-state index in [1.54, 1.807) is 6.07 Å². The van der Waals surface area contributed by atoms with Gasteiger partial charge in [0, 0.05) is 6.20 Å². The van der Waals surface area contributed by atoms with Crippen molar-refractivity contribution in [2.45, 2.75) is 24.8 Å². The number of sulfonamides is 1. The van der Waals surface area contributed by atoms with Crippen molar-refractivity contribution >= 4 is 15.9 Å². The van der Waals surface area contributed by atoms with Crippen LogP contribution < -0.4 is 4.72 Å². The van der Waals surface area contributed by atoms with Crippen molar-refractivity contribution in [2.24, 2.45) is 0 Å². The summed E-state index contributed by atoms with van der Waals surface area (Å²) in [7, 11) is -4.01. The van der Waals surface area contributed by atoms with E-state index in [2.05, 4.69) is 10.1 Å². The first kappa shape index (κ1) is 14.2. The highest BCUT2D eigenvalue weighted by Crippen LogP contribution is 2.17. The molecule has 2 heterocycles. The minimum atomic E-state index is -4.01. The summed E-state index contributed by atoms with van der Waals surface area (Å²) in [5.41, 5.74) is 0.498. The van der Waals surface area contributed by atoms with Crippen molar-refractivity contribution in [1.82, 2.24) is 14.9 Å². The molecule has 0 aliphatic carbocycles. The van der Waals surface area contributed by atoms with Crippen molar-refractivity contribution < 1.29 is 17.7 Å². The molecule has 8 heteroatoms. The Morgan fingerprint density at radius 3 is 2.70 bits per heavy atom. The second-order valence-electron chi connectivity index (χ2n) is 4.37. The normalized spacial score (nSPS) is 11.6. The van der Waals surface area contributed by atoms with Crippen LogP contribution in [0.1, 0.15) is 35.8 Å². The van der Waals surface area contributed by atoms with Crippen LogP contribution >= 0.6 is 0 Å². The molecule has 0 aromatic carbocycles. The van der Waals surface area contributed by atoms with Gasteiger partial charge >= 0.3 is 0 Å². The predicted octanol–water partition coefficient (Wildman–Crippen LogP) is 1.31. The average Bonchev–Trinajstić information content (AvgIpc) is 2.88. The molecule has 1 amide bonds. The first-order valence-electron chi connectivity index (χ1n) is 5.84. The van der Waals surface area contributed by atoms with Gasteiger partial charge < -0.3 is 4.52 Å². The molecule has 7 nitrogen and oxygen atoms in total. The lowest BCUT2D eigenvalue weighted by molar-refractivity contribution is 0.0979. The van der Waals surface area contributed by atoms with E-state index < -0.39 is 15.9 Å². The van der Waals surface area contributed by atoms with Gasteiger partial charge in [0.1, 0.15) is 11.8 Å². The van der Waals surface area contributed by atoms with Crippen LogP contribution in [0.4, 0.5) is 0 Å². The molecular formula is C12H13N3O4S. The number of nitrogens with zero attached hydrogens (tertiary/aromatic N) is 2. The maximum absolute atomic E-state index is 12.0. The van der Waals surface area contributed by atoms with Crippen molar-refractivity contribution in [1.29, 1.82) is 0 Å². The Bertz CT molecular complexity index is 707. The van der Waals surface area contributed by atoms with Crippen LogP contribution in [0, 0.1) is 0 Å². The first-order valence-corrected chi connectivity index (χ1v) is 7.32. The van der Waals surface area contributed by atoms with Gasteiger partial charge in [-0.25, -0.2) is 9.71 Å². The zero-order valence-corrected chi connectivity index (χ0v) is 11.7. The molecule has 1 N–H and O–H groups in total. The van der Waals surface area contributed by atoms with Crippen LogP contribution in [-0.4, -0.2) is 24.5 Å². The highest BCUT2D eigenvalue weighted by atomic mass is 32.2. The Morgan fingerprint density at radius 2 is 2.10 bits per heavy atom. The summed E-state index contributed by atoms with van der Waals surface area (Å²) in [5, 5.41) is 3.47. The molecule has 0 aliphatic heterocycles. The molecule has 0 saturated carbocycles. The summed E-state index contributed by atoms with van der Waals surface area (Å²) in [5.74, 6) is -0.854. The minimum Gasteiger partial charge on any atom is -0.364 e. The van der Waals surface area contributed by atoms with Crippen LogP contribution in [0.25, 0.3) is 0 Å². The maximum atomic E-state index is 12.0. The van der Waals surface area contributed by atoms with Gasteiger partial charge in [-0.05, 0) is 18.1 Å². The molecular weight excluding hydrogens is 282 g/mol. The quantitative estimate of drug-likeness (QED) is 0.912. The Morgan fingerprint density at radius 1 is 1.35 bits per heavy atom. The zero-order chi connectivity index (χ0) is 14.8. The van der Waals surface area contributed by atoms with E-state index in [1.165, 1.54) is 18.3 Å². The lowest BCUT2D eigenvalue weighted by Gasteiger charge is -2.06. The van der Waals surface area contributed by atoms with E-state index in [0.29, 0.717) is 5.69 Å². The van der Waals surface area contributed by atoms with E-state index >= 15 is 0 Å². The summed E-state index contributed by atoms with van der Waals surface area (Å²) in [4.78, 5) is 15.7. The average molecular weight is 295 g/mol. The van der Waals surface area contributed by atoms with Crippen LogP contribution in [0.3, 0.4) is 0 Å². The molecule has 0 aliphatic rings. The molecule has 0 bridgehead atoms. The summed E-state index contributed by atoms with van der Waals surface area (Å²) in [6, 6.07) is 4.40. The molecule has 0 unspecified atom stereocenters. The molecule has 0 spiro atoms. The molecule has 2 aromatic rings. The Labute approximate surface area is 116 Å². The number of nitrogens with one attached hydrogen (secondary N) is 1. The van der Waals surface area contributed by atoms with Gasteiger partial charge in [0.15, 0.2) is 5.03 Å². The van der Waals surface area contributed by atoms with Crippen molar-refractivity contribution in [2.75, 3.05) is 0 Å². The summed E-state index contributed by atoms with van der Waals surface area (Å²) in [6.07, 6.45) is 2.45. The van der Waals surface area contributed by atoms with Crippen LogP contribution in [-0.2, 0) is 10.0 Å². The van der Waals surface area contributed by atoms with Crippen LogP contribution in [0.15, 0.2) is 40.2 Å². The number of amides is 1. The number of carbonyl (C=O) groups excluding carboxylic acids is 1. The van der Waals surface area contributed by atoms with Gasteiger partial charge in [-0.15, -0.1) is 0 Å². The van der Waals surface area contributed by atoms with Crippen LogP contribution in [0.2, 0.25) is 0 Å². The maximum Gasteiger partial charge on any atom is 0.281 e. The fourth-order valence-corrected chi connectivity index (χ4v) is 2.48. The fourth-order valence-electron chi connectivity index (χ4n) is 1.57. The number of rotatable bonds is 4. The van der Waals surface area contributed by atoms with Crippen molar-refractivity contribution in [3.05, 3.63) is 41.9 Å². The summed E-state index contributed by atoms with van der Waals surface area (Å²) in [6.45, 7) is 3.64. The standard InChI is InChI=1S/C12H13N3O4S/c1-8(2)11-9(7-19-14-11)12(16)15-20(17,18)10-5-3-4-6-13-10/h3-8H,1-2H3,(H,15,16). The molecule has 106 valence electrons. The first-order chi connectivity index (χ1) is 9.42. The Kier molecular flexibility index (Phi) is 3.84. The summed E-state index contributed by atoms with van der Waals surface area (Å²) < 4.78 is 30.6. The van der Waals surface area contributed by atoms with Gasteiger partial charge in [0.05, 0.1) is 5.69 Å². The fraction of sp³-hybridized carbons (Fsp3) is 0.250. The van der Waals surface area contributed by atoms with Gasteiger partial charge in [0.25, 0.3) is 15.9 Å². The number of pyridine rings is 1. The van der Waals surface area contributed by atoms with E-state index in [0.717, 1.165) is 6.26 Å². The molecule has 0 radical (unpaired) electrons. The Balaban J connectivity index is 2.26. The largest absolute Gasteiger partial charge is 0.364 e. The van der Waals surface area contributed by atoms with E-state index in [4.69, 9.17) is 4.52 Å². The smallest absolute Gasteiger partial charge is 0.281 e. The lowest BCUT2D eigenvalue weighted by atomic mass is 10.1. The van der Waals surface area contributed by atoms with Crippen molar-refractivity contribution in [3.63, 3.8) is 0 Å². The van der Waals surface area contributed by atoms with E-state index in [-0.39, 0.29) is 16.5 Å². The molecule has 0 atom stereocenters. The van der Waals surface area contributed by atoms with Gasteiger partial charge in [-0.2, -0.15) is 8.42 Å². The third-order valence-electron chi connectivity index (χ3n) is 2.53. The van der Waals surface area contributed by atoms with E-state index in [1.807, 2.05) is 18.6 Å². The van der Waals surface area contributed by atoms with E-state index in [9.17, 15) is 13.2 Å². The SMILES string of the molecule is CC(C)c1nocc1C(=O)NS(=O)(=O)c1ccccn1. The van der Waals surface area contributed by atoms with Crippen LogP contribution in [0.5, 0.6) is 0 Å². The van der Waals surface area contributed by atoms with Gasteiger partial charge in [0.2, 0.25) is 0 Å². The molecule has 0 fully saturated rings. The third kappa shape index (κ3) is 2.85. The predicted molar refractivity (Wildman–Crippen MR) is 69.5 cm³/mol. The monoisotopic (exact) mass is 295 g/mol. The second kappa shape index (κ2) is 5.41. The van der Waals surface area contributed by atoms with Gasteiger partial charge in [-0.1, -0.05) is 25.1 Å². The number of carbonyl (C=O) groups is 1. The Hall–Kier alpha value is -2.22. The number of hydrogen-bond donors (Lipinski definition) is 1. The van der Waals surface area contributed by atoms with Gasteiger partial charge in [-0.3, -0.25) is 4.79 Å². The van der Waals surface area contributed by atoms with Crippen molar-refractivity contribution in [3.8, 4) is 0 Å². The molecule has 2 aromatic heterocycles. The molecule has 20 heavy (non-hydrogen) atoms. The zero-order valence-electron chi connectivity index (χ0n) is 10.9. The number of hydrogen-bond acceptors (Lipinski definition) is 6. The molecule has 2 rings (SSSR count). The topological polar surface area (TPSA) is 102 Å². The summed E-state index contributed by atoms with van der Waals surface area (Å²) >= 11 is 0. The molecule has 0 saturated heterocycles. The highest BCUT2D eigenvalue weighted by Gasteiger charge is 2.24. The highest BCUT2D eigenvalue weighted by molar-refractivity contribution is 7.90. The minimum absolute atomic E-state index is 0.0629. The lowest BCUT2D eigenvalue weighted by Crippen LogP contribution is -2.31. The second-order valence-corrected chi connectivity index (χ2v) is 6.00.